The molecule has 0 aliphatic rings. The van der Waals surface area contributed by atoms with E-state index in [9.17, 15) is 16.8 Å². The highest BCUT2D eigenvalue weighted by Gasteiger charge is 2.19. The fraction of sp³-hybridized carbons (Fsp3) is 0. The number of rotatable bonds is 6. The van der Waals surface area contributed by atoms with E-state index in [1.165, 1.54) is 24.3 Å². The molecule has 0 spiro atoms. The van der Waals surface area contributed by atoms with E-state index in [0.717, 1.165) is 21.5 Å². The van der Waals surface area contributed by atoms with Gasteiger partial charge in [-0.15, -0.1) is 0 Å². The fourth-order valence-electron chi connectivity index (χ4n) is 4.45. The van der Waals surface area contributed by atoms with Crippen LogP contribution in [-0.4, -0.2) is 16.8 Å². The van der Waals surface area contributed by atoms with Crippen LogP contribution in [0, 0.1) is 0 Å². The van der Waals surface area contributed by atoms with Gasteiger partial charge in [-0.25, -0.2) is 16.8 Å². The van der Waals surface area contributed by atoms with Gasteiger partial charge in [-0.1, -0.05) is 60.7 Å². The Morgan fingerprint density at radius 3 is 1.08 bits per heavy atom. The molecule has 0 amide bonds. The molecule has 6 aromatic carbocycles. The minimum atomic E-state index is -3.70. The Morgan fingerprint density at radius 2 is 0.692 bits per heavy atom. The topological polar surface area (TPSA) is 77.5 Å². The summed E-state index contributed by atoms with van der Waals surface area (Å²) in [6.45, 7) is 0. The van der Waals surface area contributed by atoms with E-state index in [1.807, 2.05) is 48.5 Å². The molecule has 0 saturated heterocycles. The third-order valence-electron chi connectivity index (χ3n) is 6.57. The summed E-state index contributed by atoms with van der Waals surface area (Å²) in [5, 5.41) is 3.64. The van der Waals surface area contributed by atoms with Crippen LogP contribution in [0.1, 0.15) is 0 Å². The van der Waals surface area contributed by atoms with Crippen molar-refractivity contribution in [3.05, 3.63) is 133 Å². The molecule has 0 saturated carbocycles. The van der Waals surface area contributed by atoms with Gasteiger partial charge in [-0.3, -0.25) is 0 Å². The molecule has 0 N–H and O–H groups in total. The van der Waals surface area contributed by atoms with Gasteiger partial charge in [-0.2, -0.15) is 0 Å². The van der Waals surface area contributed by atoms with Crippen LogP contribution in [0.15, 0.2) is 153 Å². The van der Waals surface area contributed by atoms with Gasteiger partial charge in [0.2, 0.25) is 19.7 Å². The van der Waals surface area contributed by atoms with Gasteiger partial charge in [0.15, 0.2) is 0 Å². The van der Waals surface area contributed by atoms with Crippen LogP contribution in [0.2, 0.25) is 0 Å². The van der Waals surface area contributed by atoms with Crippen molar-refractivity contribution in [1.29, 1.82) is 0 Å². The van der Waals surface area contributed by atoms with Crippen molar-refractivity contribution in [3.63, 3.8) is 0 Å². The summed E-state index contributed by atoms with van der Waals surface area (Å²) >= 11 is 0. The zero-order valence-corrected chi connectivity index (χ0v) is 22.2. The average Bonchev–Trinajstić information content (AvgIpc) is 2.97. The molecule has 0 heterocycles. The number of ether oxygens (including phenoxy) is 1. The molecule has 7 heteroatoms. The van der Waals surface area contributed by atoms with E-state index in [1.54, 1.807) is 60.7 Å². The molecule has 0 unspecified atom stereocenters. The highest BCUT2D eigenvalue weighted by atomic mass is 32.2. The zero-order chi connectivity index (χ0) is 27.0. The van der Waals surface area contributed by atoms with Crippen LogP contribution in [0.4, 0.5) is 0 Å². The van der Waals surface area contributed by atoms with E-state index in [-0.39, 0.29) is 19.6 Å². The van der Waals surface area contributed by atoms with Crippen LogP contribution in [0.5, 0.6) is 11.5 Å². The molecule has 192 valence electrons. The van der Waals surface area contributed by atoms with E-state index in [4.69, 9.17) is 4.74 Å². The van der Waals surface area contributed by atoms with Gasteiger partial charge in [0.05, 0.1) is 19.6 Å². The van der Waals surface area contributed by atoms with E-state index in [2.05, 4.69) is 0 Å². The lowest BCUT2D eigenvalue weighted by atomic mass is 10.1. The van der Waals surface area contributed by atoms with Crippen LogP contribution >= 0.6 is 0 Å². The zero-order valence-electron chi connectivity index (χ0n) is 20.6. The molecule has 0 radical (unpaired) electrons. The monoisotopic (exact) mass is 550 g/mol. The Balaban J connectivity index is 1.20. The van der Waals surface area contributed by atoms with Crippen LogP contribution in [-0.2, 0) is 19.7 Å². The van der Waals surface area contributed by atoms with Gasteiger partial charge < -0.3 is 4.74 Å². The second-order valence-corrected chi connectivity index (χ2v) is 13.0. The van der Waals surface area contributed by atoms with Gasteiger partial charge in [0.25, 0.3) is 0 Å². The van der Waals surface area contributed by atoms with Crippen LogP contribution in [0.3, 0.4) is 0 Å². The molecule has 6 aromatic rings. The largest absolute Gasteiger partial charge is 0.457 e. The number of hydrogen-bond acceptors (Lipinski definition) is 5. The molecule has 0 aliphatic carbocycles. The summed E-state index contributed by atoms with van der Waals surface area (Å²) in [4.78, 5) is 0.750. The second-order valence-electron chi connectivity index (χ2n) is 9.07. The van der Waals surface area contributed by atoms with Gasteiger partial charge in [-0.05, 0) is 94.3 Å². The maximum Gasteiger partial charge on any atom is 0.206 e. The molecule has 0 bridgehead atoms. The molecule has 5 nitrogen and oxygen atoms in total. The first-order valence-corrected chi connectivity index (χ1v) is 15.1. The molecule has 0 atom stereocenters. The predicted octanol–water partition coefficient (Wildman–Crippen LogP) is 7.45. The Labute approximate surface area is 226 Å². The minimum Gasteiger partial charge on any atom is -0.457 e. The number of benzene rings is 6. The van der Waals surface area contributed by atoms with Crippen LogP contribution in [0.25, 0.3) is 21.5 Å². The van der Waals surface area contributed by atoms with Crippen molar-refractivity contribution < 1.29 is 21.6 Å². The third kappa shape index (κ3) is 4.78. The Hall–Kier alpha value is -4.46. The Kier molecular flexibility index (Phi) is 6.17. The molecule has 6 rings (SSSR count). The Bertz CT molecular complexity index is 1900. The Morgan fingerprint density at radius 1 is 0.359 bits per heavy atom. The predicted molar refractivity (Wildman–Crippen MR) is 152 cm³/mol. The highest BCUT2D eigenvalue weighted by molar-refractivity contribution is 7.91. The van der Waals surface area contributed by atoms with Crippen molar-refractivity contribution in [2.75, 3.05) is 0 Å². The lowest BCUT2D eigenvalue weighted by molar-refractivity contribution is 0.481. The van der Waals surface area contributed by atoms with Crippen molar-refractivity contribution in [2.45, 2.75) is 19.6 Å². The van der Waals surface area contributed by atoms with Gasteiger partial charge in [0, 0.05) is 0 Å². The van der Waals surface area contributed by atoms with Crippen molar-refractivity contribution >= 4 is 41.2 Å². The normalized spacial score (nSPS) is 12.0. The molecule has 0 aromatic heterocycles. The van der Waals surface area contributed by atoms with Crippen molar-refractivity contribution in [1.82, 2.24) is 0 Å². The molecular weight excluding hydrogens is 528 g/mol. The summed E-state index contributed by atoms with van der Waals surface area (Å²) < 4.78 is 58.5. The van der Waals surface area contributed by atoms with Gasteiger partial charge in [0.1, 0.15) is 11.5 Å². The van der Waals surface area contributed by atoms with Crippen molar-refractivity contribution in [2.24, 2.45) is 0 Å². The van der Waals surface area contributed by atoms with E-state index >= 15 is 0 Å². The maximum atomic E-state index is 13.2. The summed E-state index contributed by atoms with van der Waals surface area (Å²) in [6.07, 6.45) is 0. The van der Waals surface area contributed by atoms with Gasteiger partial charge >= 0.3 is 0 Å². The molecule has 39 heavy (non-hydrogen) atoms. The first-order valence-electron chi connectivity index (χ1n) is 12.2. The molecule has 0 fully saturated rings. The molecular formula is C32H22O5S2. The third-order valence-corrected chi connectivity index (χ3v) is 10.1. The van der Waals surface area contributed by atoms with E-state index in [0.29, 0.717) is 11.5 Å². The SMILES string of the molecule is O=S(=O)(c1ccc(Oc2ccc(S(=O)(=O)c3ccc4ccccc4c3)cc2)cc1)c1ccc2ccccc2c1. The summed E-state index contributed by atoms with van der Waals surface area (Å²) in [5.41, 5.74) is 0. The summed E-state index contributed by atoms with van der Waals surface area (Å²) in [7, 11) is -7.41. The number of sulfone groups is 2. The maximum absolute atomic E-state index is 13.2. The standard InChI is InChI=1S/C32H22O5S2/c33-38(34,31-15-9-23-5-1-3-7-25(23)21-31)29-17-11-27(12-18-29)37-28-13-19-30(20-14-28)39(35,36)32-16-10-24-6-2-4-8-26(24)22-32/h1-22H. The number of hydrogen-bond donors (Lipinski definition) is 0. The lowest BCUT2D eigenvalue weighted by Crippen LogP contribution is -2.02. The fourth-order valence-corrected chi connectivity index (χ4v) is 7.04. The van der Waals surface area contributed by atoms with Crippen molar-refractivity contribution in [3.8, 4) is 11.5 Å². The lowest BCUT2D eigenvalue weighted by Gasteiger charge is -2.10. The average molecular weight is 551 g/mol. The quantitative estimate of drug-likeness (QED) is 0.215. The second kappa shape index (κ2) is 9.69. The first kappa shape index (κ1) is 24.9. The first-order chi connectivity index (χ1) is 18.8. The summed E-state index contributed by atoms with van der Waals surface area (Å²) in [5.74, 6) is 0.857. The van der Waals surface area contributed by atoms with E-state index < -0.39 is 19.7 Å². The minimum absolute atomic E-state index is 0.155. The smallest absolute Gasteiger partial charge is 0.206 e. The summed E-state index contributed by atoms with van der Waals surface area (Å²) in [6, 6.07) is 37.6. The number of fused-ring (bicyclic) bond motifs is 2. The molecule has 0 aliphatic heterocycles. The van der Waals surface area contributed by atoms with Crippen LogP contribution < -0.4 is 4.74 Å². The highest BCUT2D eigenvalue weighted by Crippen LogP contribution is 2.30.